The molecule has 4 heteroatoms. The summed E-state index contributed by atoms with van der Waals surface area (Å²) in [5.41, 5.74) is 6.75. The van der Waals surface area contributed by atoms with Gasteiger partial charge in [-0.25, -0.2) is 4.98 Å². The second-order valence-corrected chi connectivity index (χ2v) is 5.31. The molecule has 2 nitrogen and oxygen atoms in total. The maximum atomic E-state index is 5.86. The molecule has 0 bridgehead atoms. The molecule has 0 saturated heterocycles. The number of aromatic nitrogens is 1. The Bertz CT molecular complexity index is 296. The molecule has 1 rings (SSSR count). The van der Waals surface area contributed by atoms with Gasteiger partial charge >= 0.3 is 0 Å². The zero-order valence-corrected chi connectivity index (χ0v) is 10.0. The summed E-state index contributed by atoms with van der Waals surface area (Å²) >= 11 is 7.54. The van der Waals surface area contributed by atoms with Crippen molar-refractivity contribution in [2.75, 3.05) is 5.75 Å². The molecule has 0 aromatic carbocycles. The van der Waals surface area contributed by atoms with E-state index in [2.05, 4.69) is 4.98 Å². The Labute approximate surface area is 94.2 Å². The average Bonchev–Trinajstić information content (AvgIpc) is 2.01. The molecular weight excluding hydrogens is 216 g/mol. The zero-order chi connectivity index (χ0) is 10.6. The first-order chi connectivity index (χ1) is 6.47. The van der Waals surface area contributed by atoms with Crippen LogP contribution in [0.25, 0.3) is 0 Å². The summed E-state index contributed by atoms with van der Waals surface area (Å²) in [5, 5.41) is 0.551. The van der Waals surface area contributed by atoms with Gasteiger partial charge in [0.1, 0.15) is 5.15 Å². The molecule has 0 fully saturated rings. The Morgan fingerprint density at radius 1 is 1.50 bits per heavy atom. The molecule has 14 heavy (non-hydrogen) atoms. The molecule has 0 saturated carbocycles. The van der Waals surface area contributed by atoms with Gasteiger partial charge in [-0.1, -0.05) is 17.7 Å². The molecule has 0 amide bonds. The van der Waals surface area contributed by atoms with Gasteiger partial charge < -0.3 is 5.73 Å². The summed E-state index contributed by atoms with van der Waals surface area (Å²) in [7, 11) is 0. The lowest BCUT2D eigenvalue weighted by Gasteiger charge is -2.17. The summed E-state index contributed by atoms with van der Waals surface area (Å²) in [5.74, 6) is 1.78. The Morgan fingerprint density at radius 2 is 2.21 bits per heavy atom. The second kappa shape index (κ2) is 5.01. The quantitative estimate of drug-likeness (QED) is 0.809. The minimum atomic E-state index is -0.122. The molecule has 0 aliphatic rings. The lowest BCUT2D eigenvalue weighted by atomic mass is 10.1. The molecule has 0 unspecified atom stereocenters. The van der Waals surface area contributed by atoms with Crippen LogP contribution in [0.4, 0.5) is 0 Å². The van der Waals surface area contributed by atoms with E-state index in [4.69, 9.17) is 17.3 Å². The van der Waals surface area contributed by atoms with Gasteiger partial charge in [-0.2, -0.15) is 11.8 Å². The minimum absolute atomic E-state index is 0.122. The highest BCUT2D eigenvalue weighted by Crippen LogP contribution is 2.16. The fraction of sp³-hybridized carbons (Fsp3) is 0.500. The largest absolute Gasteiger partial charge is 0.325 e. The molecule has 2 N–H and O–H groups in total. The Hall–Kier alpha value is -0.250. The maximum absolute atomic E-state index is 5.86. The third kappa shape index (κ3) is 4.84. The normalized spacial score (nSPS) is 11.7. The van der Waals surface area contributed by atoms with Crippen molar-refractivity contribution in [1.82, 2.24) is 4.98 Å². The number of rotatable bonds is 4. The number of hydrogen-bond acceptors (Lipinski definition) is 3. The monoisotopic (exact) mass is 230 g/mol. The van der Waals surface area contributed by atoms with Crippen molar-refractivity contribution in [2.24, 2.45) is 5.73 Å². The van der Waals surface area contributed by atoms with Crippen LogP contribution in [0, 0.1) is 0 Å². The van der Waals surface area contributed by atoms with Crippen molar-refractivity contribution in [3.8, 4) is 0 Å². The SMILES string of the molecule is CC(C)(N)CSCc1cccc(Cl)n1. The van der Waals surface area contributed by atoms with Crippen LogP contribution in [0.1, 0.15) is 19.5 Å². The van der Waals surface area contributed by atoms with Crippen LogP contribution in [0.2, 0.25) is 5.15 Å². The van der Waals surface area contributed by atoms with E-state index in [0.717, 1.165) is 17.2 Å². The van der Waals surface area contributed by atoms with E-state index in [1.165, 1.54) is 0 Å². The van der Waals surface area contributed by atoms with Gasteiger partial charge in [0.05, 0.1) is 5.69 Å². The van der Waals surface area contributed by atoms with Crippen molar-refractivity contribution in [3.63, 3.8) is 0 Å². The summed E-state index contributed by atoms with van der Waals surface area (Å²) < 4.78 is 0. The van der Waals surface area contributed by atoms with Crippen LogP contribution in [-0.4, -0.2) is 16.3 Å². The third-order valence-corrected chi connectivity index (χ3v) is 3.16. The van der Waals surface area contributed by atoms with E-state index in [0.29, 0.717) is 5.15 Å². The predicted molar refractivity (Wildman–Crippen MR) is 63.7 cm³/mol. The highest BCUT2D eigenvalue weighted by molar-refractivity contribution is 7.98. The average molecular weight is 231 g/mol. The highest BCUT2D eigenvalue weighted by Gasteiger charge is 2.10. The fourth-order valence-electron chi connectivity index (χ4n) is 0.949. The molecule has 1 heterocycles. The summed E-state index contributed by atoms with van der Waals surface area (Å²) in [6.45, 7) is 4.04. The van der Waals surface area contributed by atoms with Gasteiger partial charge in [-0.3, -0.25) is 0 Å². The number of nitrogens with zero attached hydrogens (tertiary/aromatic N) is 1. The summed E-state index contributed by atoms with van der Waals surface area (Å²) in [6, 6.07) is 5.67. The van der Waals surface area contributed by atoms with Crippen LogP contribution in [0.15, 0.2) is 18.2 Å². The topological polar surface area (TPSA) is 38.9 Å². The molecule has 0 atom stereocenters. The van der Waals surface area contributed by atoms with E-state index in [1.54, 1.807) is 17.8 Å². The van der Waals surface area contributed by atoms with Crippen molar-refractivity contribution in [2.45, 2.75) is 25.1 Å². The van der Waals surface area contributed by atoms with Gasteiger partial charge in [-0.05, 0) is 26.0 Å². The minimum Gasteiger partial charge on any atom is -0.325 e. The maximum Gasteiger partial charge on any atom is 0.129 e. The van der Waals surface area contributed by atoms with E-state index in [9.17, 15) is 0 Å². The zero-order valence-electron chi connectivity index (χ0n) is 8.46. The predicted octanol–water partition coefficient (Wildman–Crippen LogP) is 2.71. The van der Waals surface area contributed by atoms with Crippen molar-refractivity contribution >= 4 is 23.4 Å². The first-order valence-electron chi connectivity index (χ1n) is 4.45. The van der Waals surface area contributed by atoms with E-state index >= 15 is 0 Å². The van der Waals surface area contributed by atoms with Crippen LogP contribution in [-0.2, 0) is 5.75 Å². The lowest BCUT2D eigenvalue weighted by molar-refractivity contribution is 0.591. The number of nitrogens with two attached hydrogens (primary N) is 1. The molecule has 1 aromatic heterocycles. The fourth-order valence-corrected chi connectivity index (χ4v) is 2.13. The summed E-state index contributed by atoms with van der Waals surface area (Å²) in [4.78, 5) is 4.20. The van der Waals surface area contributed by atoms with Crippen LogP contribution >= 0.6 is 23.4 Å². The number of hydrogen-bond donors (Lipinski definition) is 1. The van der Waals surface area contributed by atoms with Gasteiger partial charge in [0.25, 0.3) is 0 Å². The van der Waals surface area contributed by atoms with Crippen LogP contribution in [0.3, 0.4) is 0 Å². The second-order valence-electron chi connectivity index (χ2n) is 3.93. The Kier molecular flexibility index (Phi) is 4.23. The molecule has 0 aliphatic carbocycles. The first-order valence-corrected chi connectivity index (χ1v) is 5.99. The molecule has 1 aromatic rings. The third-order valence-electron chi connectivity index (χ3n) is 1.50. The molecule has 0 radical (unpaired) electrons. The Balaban J connectivity index is 2.39. The molecule has 0 spiro atoms. The van der Waals surface area contributed by atoms with E-state index < -0.39 is 0 Å². The van der Waals surface area contributed by atoms with E-state index in [-0.39, 0.29) is 5.54 Å². The van der Waals surface area contributed by atoms with Gasteiger partial charge in [0, 0.05) is 17.0 Å². The van der Waals surface area contributed by atoms with E-state index in [1.807, 2.05) is 26.0 Å². The van der Waals surface area contributed by atoms with Crippen LogP contribution < -0.4 is 5.73 Å². The van der Waals surface area contributed by atoms with Crippen molar-refractivity contribution < 1.29 is 0 Å². The smallest absolute Gasteiger partial charge is 0.129 e. The van der Waals surface area contributed by atoms with Crippen molar-refractivity contribution in [1.29, 1.82) is 0 Å². The first kappa shape index (κ1) is 11.8. The molecular formula is C10H15ClN2S. The number of pyridine rings is 1. The highest BCUT2D eigenvalue weighted by atomic mass is 35.5. The number of thioether (sulfide) groups is 1. The molecule has 78 valence electrons. The van der Waals surface area contributed by atoms with Crippen molar-refractivity contribution in [3.05, 3.63) is 29.0 Å². The standard InChI is InChI=1S/C10H15ClN2S/c1-10(2,12)7-14-6-8-4-3-5-9(11)13-8/h3-5H,6-7,12H2,1-2H3. The van der Waals surface area contributed by atoms with Gasteiger partial charge in [0.2, 0.25) is 0 Å². The number of halogens is 1. The summed E-state index contributed by atoms with van der Waals surface area (Å²) in [6.07, 6.45) is 0. The van der Waals surface area contributed by atoms with Gasteiger partial charge in [0.15, 0.2) is 0 Å². The van der Waals surface area contributed by atoms with Crippen LogP contribution in [0.5, 0.6) is 0 Å². The molecule has 0 aliphatic heterocycles. The van der Waals surface area contributed by atoms with Gasteiger partial charge in [-0.15, -0.1) is 0 Å². The Morgan fingerprint density at radius 3 is 2.79 bits per heavy atom. The lowest BCUT2D eigenvalue weighted by Crippen LogP contribution is -2.34.